The quantitative estimate of drug-likeness (QED) is 0.255. The molecule has 0 aliphatic carbocycles. The molecule has 0 bridgehead atoms. The molecule has 0 saturated heterocycles. The van der Waals surface area contributed by atoms with Crippen molar-refractivity contribution in [1.29, 1.82) is 0 Å². The first-order chi connectivity index (χ1) is 17.8. The second-order valence-electron chi connectivity index (χ2n) is 8.31. The van der Waals surface area contributed by atoms with Crippen LogP contribution >= 0.6 is 0 Å². The van der Waals surface area contributed by atoms with E-state index in [4.69, 9.17) is 4.42 Å². The fourth-order valence-electron chi connectivity index (χ4n) is 3.76. The SMILES string of the molecule is CCN(CC)c1ccc2cc(C(=O)NCCNC(=O)CCCNC(=O)c3ccc(F)cc3)c(=O)oc2c1. The summed E-state index contributed by atoms with van der Waals surface area (Å²) in [5, 5.41) is 8.59. The highest BCUT2D eigenvalue weighted by atomic mass is 19.1. The van der Waals surface area contributed by atoms with Gasteiger partial charge in [-0.05, 0) is 62.7 Å². The monoisotopic (exact) mass is 510 g/mol. The summed E-state index contributed by atoms with van der Waals surface area (Å²) < 4.78 is 18.3. The molecule has 3 rings (SSSR count). The number of anilines is 1. The number of benzene rings is 2. The van der Waals surface area contributed by atoms with Crippen LogP contribution in [-0.4, -0.2) is 50.4 Å². The van der Waals surface area contributed by atoms with Gasteiger partial charge in [-0.3, -0.25) is 14.4 Å². The van der Waals surface area contributed by atoms with Gasteiger partial charge in [0.2, 0.25) is 5.91 Å². The molecule has 0 unspecified atom stereocenters. The Bertz CT molecular complexity index is 1300. The minimum atomic E-state index is -0.728. The first-order valence-corrected chi connectivity index (χ1v) is 12.2. The zero-order valence-corrected chi connectivity index (χ0v) is 20.9. The fraction of sp³-hybridized carbons (Fsp3) is 0.333. The lowest BCUT2D eigenvalue weighted by molar-refractivity contribution is -0.121. The molecule has 0 aliphatic heterocycles. The number of nitrogens with zero attached hydrogens (tertiary/aromatic N) is 1. The van der Waals surface area contributed by atoms with Crippen molar-refractivity contribution in [3.63, 3.8) is 0 Å². The number of rotatable bonds is 12. The Balaban J connectivity index is 1.40. The van der Waals surface area contributed by atoms with Crippen molar-refractivity contribution in [2.75, 3.05) is 37.6 Å². The number of halogens is 1. The van der Waals surface area contributed by atoms with E-state index >= 15 is 0 Å². The third-order valence-electron chi connectivity index (χ3n) is 5.80. The smallest absolute Gasteiger partial charge is 0.349 e. The number of hydrogen-bond donors (Lipinski definition) is 3. The van der Waals surface area contributed by atoms with Gasteiger partial charge in [-0.1, -0.05) is 0 Å². The van der Waals surface area contributed by atoms with Crippen LogP contribution in [-0.2, 0) is 4.79 Å². The van der Waals surface area contributed by atoms with E-state index in [1.54, 1.807) is 6.07 Å². The summed E-state index contributed by atoms with van der Waals surface area (Å²) in [4.78, 5) is 50.9. The lowest BCUT2D eigenvalue weighted by atomic mass is 10.1. The maximum atomic E-state index is 12.9. The van der Waals surface area contributed by atoms with Crippen LogP contribution in [0.15, 0.2) is 57.7 Å². The summed E-state index contributed by atoms with van der Waals surface area (Å²) >= 11 is 0. The van der Waals surface area contributed by atoms with Crippen molar-refractivity contribution in [2.45, 2.75) is 26.7 Å². The molecule has 2 aromatic carbocycles. The van der Waals surface area contributed by atoms with Crippen LogP contribution in [0.2, 0.25) is 0 Å². The van der Waals surface area contributed by atoms with Crippen molar-refractivity contribution < 1.29 is 23.2 Å². The lowest BCUT2D eigenvalue weighted by Crippen LogP contribution is -2.36. The Labute approximate surface area is 214 Å². The van der Waals surface area contributed by atoms with E-state index < -0.39 is 17.3 Å². The molecule has 196 valence electrons. The number of carbonyl (C=O) groups excluding carboxylic acids is 3. The van der Waals surface area contributed by atoms with Crippen molar-refractivity contribution in [2.24, 2.45) is 0 Å². The van der Waals surface area contributed by atoms with E-state index in [-0.39, 0.29) is 43.4 Å². The van der Waals surface area contributed by atoms with E-state index in [0.29, 0.717) is 23.0 Å². The highest BCUT2D eigenvalue weighted by Crippen LogP contribution is 2.22. The molecule has 3 aromatic rings. The molecule has 0 spiro atoms. The minimum absolute atomic E-state index is 0.105. The van der Waals surface area contributed by atoms with Crippen LogP contribution in [0, 0.1) is 5.82 Å². The third-order valence-corrected chi connectivity index (χ3v) is 5.80. The molecule has 0 atom stereocenters. The van der Waals surface area contributed by atoms with Gasteiger partial charge in [-0.15, -0.1) is 0 Å². The molecule has 0 saturated carbocycles. The lowest BCUT2D eigenvalue weighted by Gasteiger charge is -2.21. The summed E-state index contributed by atoms with van der Waals surface area (Å²) in [6.07, 6.45) is 0.598. The summed E-state index contributed by atoms with van der Waals surface area (Å²) in [7, 11) is 0. The predicted octanol–water partition coefficient (Wildman–Crippen LogP) is 2.83. The van der Waals surface area contributed by atoms with Gasteiger partial charge in [0, 0.05) is 61.8 Å². The van der Waals surface area contributed by atoms with Gasteiger partial charge in [0.15, 0.2) is 0 Å². The average molecular weight is 511 g/mol. The maximum absolute atomic E-state index is 12.9. The first-order valence-electron chi connectivity index (χ1n) is 12.2. The molecular formula is C27H31FN4O5. The second-order valence-corrected chi connectivity index (χ2v) is 8.31. The van der Waals surface area contributed by atoms with Crippen molar-refractivity contribution in [3.05, 3.63) is 75.9 Å². The van der Waals surface area contributed by atoms with Crippen molar-refractivity contribution in [1.82, 2.24) is 16.0 Å². The van der Waals surface area contributed by atoms with Gasteiger partial charge in [0.05, 0.1) is 0 Å². The highest BCUT2D eigenvalue weighted by Gasteiger charge is 2.14. The number of amides is 3. The summed E-state index contributed by atoms with van der Waals surface area (Å²) in [5.41, 5.74) is 0.849. The standard InChI is InChI=1S/C27H31FN4O5/c1-3-32(4-2)21-12-9-19-16-22(27(36)37-23(19)17-21)26(35)31-15-14-29-24(33)6-5-13-30-25(34)18-7-10-20(28)11-8-18/h7-12,16-17H,3-6,13-15H2,1-2H3,(H,29,33)(H,30,34)(H,31,35). The molecule has 1 heterocycles. The van der Waals surface area contributed by atoms with Crippen molar-refractivity contribution in [3.8, 4) is 0 Å². The van der Waals surface area contributed by atoms with Gasteiger partial charge in [-0.25, -0.2) is 9.18 Å². The van der Waals surface area contributed by atoms with Crippen LogP contribution < -0.4 is 26.5 Å². The van der Waals surface area contributed by atoms with Gasteiger partial charge in [0.25, 0.3) is 11.8 Å². The molecule has 9 nitrogen and oxygen atoms in total. The largest absolute Gasteiger partial charge is 0.422 e. The number of carbonyl (C=O) groups is 3. The zero-order chi connectivity index (χ0) is 26.8. The zero-order valence-electron chi connectivity index (χ0n) is 20.9. The number of nitrogens with one attached hydrogen (secondary N) is 3. The number of hydrogen-bond acceptors (Lipinski definition) is 6. The Morgan fingerprint density at radius 1 is 0.865 bits per heavy atom. The maximum Gasteiger partial charge on any atom is 0.349 e. The highest BCUT2D eigenvalue weighted by molar-refractivity contribution is 5.97. The minimum Gasteiger partial charge on any atom is -0.422 e. The first kappa shape index (κ1) is 27.4. The van der Waals surface area contributed by atoms with Gasteiger partial charge in [-0.2, -0.15) is 0 Å². The van der Waals surface area contributed by atoms with Crippen molar-refractivity contribution >= 4 is 34.4 Å². The van der Waals surface area contributed by atoms with Crippen LogP contribution in [0.25, 0.3) is 11.0 Å². The normalized spacial score (nSPS) is 10.7. The van der Waals surface area contributed by atoms with Gasteiger partial charge >= 0.3 is 5.63 Å². The molecule has 3 N–H and O–H groups in total. The van der Waals surface area contributed by atoms with E-state index in [2.05, 4.69) is 20.9 Å². The molecule has 0 radical (unpaired) electrons. The Kier molecular flexibility index (Phi) is 9.76. The summed E-state index contributed by atoms with van der Waals surface area (Å²) in [6, 6.07) is 12.2. The average Bonchev–Trinajstić information content (AvgIpc) is 2.89. The van der Waals surface area contributed by atoms with Gasteiger partial charge in [0.1, 0.15) is 17.0 Å². The third kappa shape index (κ3) is 7.63. The molecule has 37 heavy (non-hydrogen) atoms. The Morgan fingerprint density at radius 3 is 2.24 bits per heavy atom. The van der Waals surface area contributed by atoms with E-state index in [1.807, 2.05) is 26.0 Å². The van der Waals surface area contributed by atoms with Crippen LogP contribution in [0.5, 0.6) is 0 Å². The van der Waals surface area contributed by atoms with Crippen LogP contribution in [0.3, 0.4) is 0 Å². The molecule has 0 aliphatic rings. The molecule has 10 heteroatoms. The Morgan fingerprint density at radius 2 is 1.54 bits per heavy atom. The van der Waals surface area contributed by atoms with Crippen LogP contribution in [0.4, 0.5) is 10.1 Å². The van der Waals surface area contributed by atoms with E-state index in [0.717, 1.165) is 18.8 Å². The second kappa shape index (κ2) is 13.2. The van der Waals surface area contributed by atoms with E-state index in [1.165, 1.54) is 30.3 Å². The summed E-state index contributed by atoms with van der Waals surface area (Å²) in [5.74, 6) is -1.58. The fourth-order valence-corrected chi connectivity index (χ4v) is 3.76. The Hall–Kier alpha value is -4.21. The molecule has 3 amide bonds. The predicted molar refractivity (Wildman–Crippen MR) is 139 cm³/mol. The van der Waals surface area contributed by atoms with Gasteiger partial charge < -0.3 is 25.3 Å². The molecule has 0 fully saturated rings. The molecular weight excluding hydrogens is 479 g/mol. The number of fused-ring (bicyclic) bond motifs is 1. The summed E-state index contributed by atoms with van der Waals surface area (Å²) in [6.45, 7) is 6.31. The molecule has 1 aromatic heterocycles. The van der Waals surface area contributed by atoms with Crippen LogP contribution in [0.1, 0.15) is 47.4 Å². The topological polar surface area (TPSA) is 121 Å². The van der Waals surface area contributed by atoms with E-state index in [9.17, 15) is 23.6 Å².